The van der Waals surface area contributed by atoms with Crippen LogP contribution in [0.25, 0.3) is 0 Å². The molecule has 2 N–H and O–H groups in total. The number of hydrogen-bond acceptors (Lipinski definition) is 2. The minimum Gasteiger partial charge on any atom is -0.508 e. The molecule has 2 rings (SSSR count). The number of aliphatic hydroxyl groups is 1. The van der Waals surface area contributed by atoms with Crippen molar-refractivity contribution in [3.63, 3.8) is 0 Å². The lowest BCUT2D eigenvalue weighted by Gasteiger charge is -2.10. The lowest BCUT2D eigenvalue weighted by Crippen LogP contribution is -1.99. The first-order valence-corrected chi connectivity index (χ1v) is 5.76. The maximum atomic E-state index is 9.99. The SMILES string of the molecule is Oc1ccc(C(O)CCc2ccccc2)cc1. The van der Waals surface area contributed by atoms with Crippen LogP contribution in [0.3, 0.4) is 0 Å². The van der Waals surface area contributed by atoms with Gasteiger partial charge in [0.1, 0.15) is 5.75 Å². The summed E-state index contributed by atoms with van der Waals surface area (Å²) in [6, 6.07) is 16.8. The smallest absolute Gasteiger partial charge is 0.115 e. The van der Waals surface area contributed by atoms with Crippen LogP contribution in [0.15, 0.2) is 54.6 Å². The first-order valence-electron chi connectivity index (χ1n) is 5.76. The Morgan fingerprint density at radius 2 is 1.53 bits per heavy atom. The molecule has 0 saturated carbocycles. The zero-order valence-electron chi connectivity index (χ0n) is 9.58. The fraction of sp³-hybridized carbons (Fsp3) is 0.200. The van der Waals surface area contributed by atoms with E-state index in [-0.39, 0.29) is 5.75 Å². The number of hydrogen-bond donors (Lipinski definition) is 2. The number of aliphatic hydroxyl groups excluding tert-OH is 1. The number of phenolic OH excluding ortho intramolecular Hbond substituents is 1. The van der Waals surface area contributed by atoms with Crippen LogP contribution in [0.1, 0.15) is 23.7 Å². The maximum Gasteiger partial charge on any atom is 0.115 e. The highest BCUT2D eigenvalue weighted by Gasteiger charge is 2.07. The number of phenols is 1. The summed E-state index contributed by atoms with van der Waals surface area (Å²) in [5, 5.41) is 19.2. The minimum atomic E-state index is -0.476. The van der Waals surface area contributed by atoms with Crippen molar-refractivity contribution in [1.29, 1.82) is 0 Å². The molecule has 2 heteroatoms. The molecule has 0 bridgehead atoms. The van der Waals surface area contributed by atoms with Crippen LogP contribution < -0.4 is 0 Å². The number of aryl methyl sites for hydroxylation is 1. The van der Waals surface area contributed by atoms with E-state index in [1.807, 2.05) is 18.2 Å². The molecule has 0 aromatic heterocycles. The Morgan fingerprint density at radius 3 is 2.18 bits per heavy atom. The highest BCUT2D eigenvalue weighted by Crippen LogP contribution is 2.21. The molecule has 1 unspecified atom stereocenters. The van der Waals surface area contributed by atoms with Crippen molar-refractivity contribution in [2.24, 2.45) is 0 Å². The van der Waals surface area contributed by atoms with Gasteiger partial charge < -0.3 is 10.2 Å². The van der Waals surface area contributed by atoms with E-state index in [0.717, 1.165) is 12.0 Å². The first kappa shape index (κ1) is 11.7. The topological polar surface area (TPSA) is 40.5 Å². The average molecular weight is 228 g/mol. The fourth-order valence-corrected chi connectivity index (χ4v) is 1.81. The van der Waals surface area contributed by atoms with E-state index in [4.69, 9.17) is 5.11 Å². The molecule has 0 amide bonds. The lowest BCUT2D eigenvalue weighted by atomic mass is 10.0. The number of benzene rings is 2. The van der Waals surface area contributed by atoms with E-state index in [1.165, 1.54) is 5.56 Å². The van der Waals surface area contributed by atoms with Crippen molar-refractivity contribution in [1.82, 2.24) is 0 Å². The maximum absolute atomic E-state index is 9.99. The van der Waals surface area contributed by atoms with Gasteiger partial charge in [0.25, 0.3) is 0 Å². The summed E-state index contributed by atoms with van der Waals surface area (Å²) in [4.78, 5) is 0. The van der Waals surface area contributed by atoms with Crippen LogP contribution in [-0.2, 0) is 6.42 Å². The second-order valence-corrected chi connectivity index (χ2v) is 4.13. The average Bonchev–Trinajstić information content (AvgIpc) is 2.38. The molecule has 0 saturated heterocycles. The quantitative estimate of drug-likeness (QED) is 0.844. The van der Waals surface area contributed by atoms with Crippen molar-refractivity contribution < 1.29 is 10.2 Å². The lowest BCUT2D eigenvalue weighted by molar-refractivity contribution is 0.168. The standard InChI is InChI=1S/C15H16O2/c16-14-9-7-13(8-10-14)15(17)11-6-12-4-2-1-3-5-12/h1-5,7-10,15-17H,6,11H2. The Balaban J connectivity index is 1.93. The van der Waals surface area contributed by atoms with Crippen molar-refractivity contribution in [2.45, 2.75) is 18.9 Å². The molecular formula is C15H16O2. The van der Waals surface area contributed by atoms with Crippen LogP contribution >= 0.6 is 0 Å². The summed E-state index contributed by atoms with van der Waals surface area (Å²) in [7, 11) is 0. The normalized spacial score (nSPS) is 12.3. The molecule has 17 heavy (non-hydrogen) atoms. The van der Waals surface area contributed by atoms with Crippen LogP contribution in [0.4, 0.5) is 0 Å². The zero-order chi connectivity index (χ0) is 12.1. The molecular weight excluding hydrogens is 212 g/mol. The van der Waals surface area contributed by atoms with Crippen molar-refractivity contribution in [2.75, 3.05) is 0 Å². The fourth-order valence-electron chi connectivity index (χ4n) is 1.81. The van der Waals surface area contributed by atoms with Crippen molar-refractivity contribution in [3.05, 3.63) is 65.7 Å². The molecule has 0 heterocycles. The Hall–Kier alpha value is -1.80. The molecule has 2 aromatic carbocycles. The second kappa shape index (κ2) is 5.51. The Bertz CT molecular complexity index is 448. The molecule has 0 aliphatic rings. The Morgan fingerprint density at radius 1 is 0.882 bits per heavy atom. The van der Waals surface area contributed by atoms with Gasteiger partial charge in [-0.3, -0.25) is 0 Å². The molecule has 0 fully saturated rings. The molecule has 0 aliphatic heterocycles. The third-order valence-corrected chi connectivity index (χ3v) is 2.83. The van der Waals surface area contributed by atoms with Gasteiger partial charge in [-0.25, -0.2) is 0 Å². The summed E-state index contributed by atoms with van der Waals surface area (Å²) in [6.07, 6.45) is 1.06. The van der Waals surface area contributed by atoms with Gasteiger partial charge in [0.15, 0.2) is 0 Å². The molecule has 0 spiro atoms. The van der Waals surface area contributed by atoms with E-state index in [1.54, 1.807) is 24.3 Å². The Labute approximate surface area is 101 Å². The zero-order valence-corrected chi connectivity index (χ0v) is 9.58. The first-order chi connectivity index (χ1) is 8.25. The summed E-state index contributed by atoms with van der Waals surface area (Å²) >= 11 is 0. The molecule has 0 aliphatic carbocycles. The molecule has 2 nitrogen and oxygen atoms in total. The van der Waals surface area contributed by atoms with Crippen molar-refractivity contribution >= 4 is 0 Å². The highest BCUT2D eigenvalue weighted by atomic mass is 16.3. The summed E-state index contributed by atoms with van der Waals surface area (Å²) in [5.41, 5.74) is 2.07. The van der Waals surface area contributed by atoms with Gasteiger partial charge in [0, 0.05) is 0 Å². The van der Waals surface area contributed by atoms with Gasteiger partial charge >= 0.3 is 0 Å². The van der Waals surface area contributed by atoms with E-state index in [9.17, 15) is 5.11 Å². The molecule has 2 aromatic rings. The van der Waals surface area contributed by atoms with Crippen LogP contribution in [0.2, 0.25) is 0 Å². The second-order valence-electron chi connectivity index (χ2n) is 4.13. The Kier molecular flexibility index (Phi) is 3.78. The van der Waals surface area contributed by atoms with Crippen LogP contribution in [-0.4, -0.2) is 10.2 Å². The molecule has 1 atom stereocenters. The number of rotatable bonds is 4. The van der Waals surface area contributed by atoms with Crippen LogP contribution in [0, 0.1) is 0 Å². The largest absolute Gasteiger partial charge is 0.508 e. The minimum absolute atomic E-state index is 0.226. The van der Waals surface area contributed by atoms with Gasteiger partial charge in [-0.05, 0) is 36.1 Å². The summed E-state index contributed by atoms with van der Waals surface area (Å²) in [5.74, 6) is 0.226. The van der Waals surface area contributed by atoms with E-state index in [0.29, 0.717) is 6.42 Å². The summed E-state index contributed by atoms with van der Waals surface area (Å²) in [6.45, 7) is 0. The number of aromatic hydroxyl groups is 1. The van der Waals surface area contributed by atoms with Crippen molar-refractivity contribution in [3.8, 4) is 5.75 Å². The third-order valence-electron chi connectivity index (χ3n) is 2.83. The van der Waals surface area contributed by atoms with Crippen LogP contribution in [0.5, 0.6) is 5.75 Å². The van der Waals surface area contributed by atoms with Gasteiger partial charge in [-0.1, -0.05) is 42.5 Å². The van der Waals surface area contributed by atoms with E-state index < -0.39 is 6.10 Å². The third kappa shape index (κ3) is 3.33. The molecule has 0 radical (unpaired) electrons. The highest BCUT2D eigenvalue weighted by molar-refractivity contribution is 5.27. The molecule has 88 valence electrons. The monoisotopic (exact) mass is 228 g/mol. The van der Waals surface area contributed by atoms with Gasteiger partial charge in [0.2, 0.25) is 0 Å². The summed E-state index contributed by atoms with van der Waals surface area (Å²) < 4.78 is 0. The predicted molar refractivity (Wildman–Crippen MR) is 67.8 cm³/mol. The van der Waals surface area contributed by atoms with Gasteiger partial charge in [-0.15, -0.1) is 0 Å². The van der Waals surface area contributed by atoms with Gasteiger partial charge in [-0.2, -0.15) is 0 Å². The van der Waals surface area contributed by atoms with E-state index in [2.05, 4.69) is 12.1 Å². The van der Waals surface area contributed by atoms with Gasteiger partial charge in [0.05, 0.1) is 6.10 Å². The predicted octanol–water partition coefficient (Wildman–Crippen LogP) is 3.06. The van der Waals surface area contributed by atoms with E-state index >= 15 is 0 Å².